The van der Waals surface area contributed by atoms with Gasteiger partial charge in [0.15, 0.2) is 0 Å². The summed E-state index contributed by atoms with van der Waals surface area (Å²) >= 11 is 0. The Bertz CT molecular complexity index is 390. The van der Waals surface area contributed by atoms with Crippen molar-refractivity contribution in [2.75, 3.05) is 0 Å². The van der Waals surface area contributed by atoms with Crippen LogP contribution in [0.3, 0.4) is 0 Å². The summed E-state index contributed by atoms with van der Waals surface area (Å²) in [6.07, 6.45) is 8.15. The molecule has 0 saturated heterocycles. The van der Waals surface area contributed by atoms with E-state index in [2.05, 4.69) is 22.4 Å². The molecule has 1 aromatic rings. The molecule has 0 spiro atoms. The van der Waals surface area contributed by atoms with Gasteiger partial charge in [-0.2, -0.15) is 5.10 Å². The Morgan fingerprint density at radius 3 is 2.78 bits per heavy atom. The Kier molecular flexibility index (Phi) is 3.35. The molecule has 18 heavy (non-hydrogen) atoms. The maximum absolute atomic E-state index is 5.77. The summed E-state index contributed by atoms with van der Waals surface area (Å²) in [6.45, 7) is 2.98. The third-order valence-electron chi connectivity index (χ3n) is 4.80. The zero-order valence-corrected chi connectivity index (χ0v) is 11.0. The van der Waals surface area contributed by atoms with Crippen LogP contribution in [0.4, 0.5) is 0 Å². The molecule has 0 amide bonds. The summed E-state index contributed by atoms with van der Waals surface area (Å²) in [6, 6.07) is 0.368. The van der Waals surface area contributed by atoms with E-state index in [1.54, 1.807) is 6.33 Å². The highest BCUT2D eigenvalue weighted by molar-refractivity contribution is 5.06. The van der Waals surface area contributed by atoms with Gasteiger partial charge in [0.05, 0.1) is 0 Å². The van der Waals surface area contributed by atoms with Crippen LogP contribution in [0.25, 0.3) is 0 Å². The molecular formula is C13H23N5. The minimum atomic E-state index is 0.368. The standard InChI is InChI=1S/C13H23N5/c1-2-18-12(15-8-16-18)7-11(17-14)13-9-5-3-4-6-10(9)13/h8-11,13,17H,2-7,14H2,1H3. The molecule has 3 unspecified atom stereocenters. The van der Waals surface area contributed by atoms with Gasteiger partial charge in [0.1, 0.15) is 12.2 Å². The third-order valence-corrected chi connectivity index (χ3v) is 4.80. The number of rotatable bonds is 5. The van der Waals surface area contributed by atoms with Crippen molar-refractivity contribution in [3.05, 3.63) is 12.2 Å². The minimum absolute atomic E-state index is 0.368. The predicted molar refractivity (Wildman–Crippen MR) is 69.4 cm³/mol. The zero-order valence-electron chi connectivity index (χ0n) is 11.0. The van der Waals surface area contributed by atoms with Crippen LogP contribution in [0.5, 0.6) is 0 Å². The van der Waals surface area contributed by atoms with E-state index in [-0.39, 0.29) is 0 Å². The number of hydrazine groups is 1. The summed E-state index contributed by atoms with van der Waals surface area (Å²) < 4.78 is 1.97. The van der Waals surface area contributed by atoms with Crippen LogP contribution in [0.15, 0.2) is 6.33 Å². The number of hydrogen-bond donors (Lipinski definition) is 2. The maximum Gasteiger partial charge on any atom is 0.138 e. The average Bonchev–Trinajstić information content (AvgIpc) is 2.96. The Morgan fingerprint density at radius 1 is 1.44 bits per heavy atom. The highest BCUT2D eigenvalue weighted by Crippen LogP contribution is 2.57. The number of fused-ring (bicyclic) bond motifs is 1. The van der Waals surface area contributed by atoms with Crippen LogP contribution < -0.4 is 11.3 Å². The van der Waals surface area contributed by atoms with E-state index >= 15 is 0 Å². The normalized spacial score (nSPS) is 32.0. The van der Waals surface area contributed by atoms with E-state index in [4.69, 9.17) is 5.84 Å². The smallest absolute Gasteiger partial charge is 0.138 e. The third kappa shape index (κ3) is 2.06. The van der Waals surface area contributed by atoms with E-state index in [9.17, 15) is 0 Å². The maximum atomic E-state index is 5.77. The fourth-order valence-corrected chi connectivity index (χ4v) is 3.86. The molecule has 2 fully saturated rings. The molecule has 3 atom stereocenters. The van der Waals surface area contributed by atoms with Gasteiger partial charge in [0.2, 0.25) is 0 Å². The molecule has 100 valence electrons. The Labute approximate surface area is 108 Å². The van der Waals surface area contributed by atoms with Crippen molar-refractivity contribution < 1.29 is 0 Å². The van der Waals surface area contributed by atoms with E-state index in [1.165, 1.54) is 25.7 Å². The second-order valence-electron chi connectivity index (χ2n) is 5.66. The number of aromatic nitrogens is 3. The van der Waals surface area contributed by atoms with Crippen molar-refractivity contribution in [2.45, 2.75) is 51.6 Å². The average molecular weight is 249 g/mol. The minimum Gasteiger partial charge on any atom is -0.271 e. The molecule has 0 aliphatic heterocycles. The SMILES string of the molecule is CCn1ncnc1CC(NN)C1C2CCCCC21. The molecule has 0 radical (unpaired) electrons. The lowest BCUT2D eigenvalue weighted by molar-refractivity contribution is 0.420. The first kappa shape index (κ1) is 12.1. The zero-order chi connectivity index (χ0) is 12.5. The highest BCUT2D eigenvalue weighted by atomic mass is 15.3. The predicted octanol–water partition coefficient (Wildman–Crippen LogP) is 1.11. The van der Waals surface area contributed by atoms with Crippen molar-refractivity contribution >= 4 is 0 Å². The van der Waals surface area contributed by atoms with Crippen LogP contribution in [-0.2, 0) is 13.0 Å². The van der Waals surface area contributed by atoms with E-state index < -0.39 is 0 Å². The summed E-state index contributed by atoms with van der Waals surface area (Å²) in [5, 5.41) is 4.23. The summed E-state index contributed by atoms with van der Waals surface area (Å²) in [7, 11) is 0. The van der Waals surface area contributed by atoms with E-state index in [0.29, 0.717) is 6.04 Å². The molecule has 5 heteroatoms. The van der Waals surface area contributed by atoms with Gasteiger partial charge in [-0.3, -0.25) is 16.0 Å². The van der Waals surface area contributed by atoms with Gasteiger partial charge in [0, 0.05) is 19.0 Å². The topological polar surface area (TPSA) is 68.8 Å². The van der Waals surface area contributed by atoms with Gasteiger partial charge >= 0.3 is 0 Å². The number of hydrogen-bond acceptors (Lipinski definition) is 4. The van der Waals surface area contributed by atoms with Crippen LogP contribution >= 0.6 is 0 Å². The quantitative estimate of drug-likeness (QED) is 0.606. The number of aryl methyl sites for hydroxylation is 1. The van der Waals surface area contributed by atoms with Gasteiger partial charge in [-0.25, -0.2) is 4.98 Å². The van der Waals surface area contributed by atoms with Crippen LogP contribution in [0, 0.1) is 17.8 Å². The Hall–Kier alpha value is -0.940. The first-order valence-corrected chi connectivity index (χ1v) is 7.18. The first-order chi connectivity index (χ1) is 8.85. The molecule has 2 saturated carbocycles. The molecule has 0 bridgehead atoms. The van der Waals surface area contributed by atoms with Gasteiger partial charge in [0.25, 0.3) is 0 Å². The van der Waals surface area contributed by atoms with Gasteiger partial charge in [-0.05, 0) is 37.5 Å². The number of nitrogens with zero attached hydrogens (tertiary/aromatic N) is 3. The lowest BCUT2D eigenvalue weighted by Gasteiger charge is -2.15. The highest BCUT2D eigenvalue weighted by Gasteiger charge is 2.53. The number of nitrogens with one attached hydrogen (secondary N) is 1. The summed E-state index contributed by atoms with van der Waals surface area (Å²) in [4.78, 5) is 4.36. The molecule has 3 N–H and O–H groups in total. The molecule has 1 heterocycles. The lowest BCUT2D eigenvalue weighted by atomic mass is 10.0. The van der Waals surface area contributed by atoms with Gasteiger partial charge in [-0.15, -0.1) is 0 Å². The number of nitrogens with two attached hydrogens (primary N) is 1. The van der Waals surface area contributed by atoms with E-state index in [1.807, 2.05) is 4.68 Å². The molecule has 2 aliphatic carbocycles. The lowest BCUT2D eigenvalue weighted by Crippen LogP contribution is -2.40. The summed E-state index contributed by atoms with van der Waals surface area (Å²) in [5.74, 6) is 9.42. The van der Waals surface area contributed by atoms with Crippen molar-refractivity contribution in [3.8, 4) is 0 Å². The molecule has 5 nitrogen and oxygen atoms in total. The largest absolute Gasteiger partial charge is 0.271 e. The molecule has 0 aromatic carbocycles. The Balaban J connectivity index is 1.67. The second-order valence-corrected chi connectivity index (χ2v) is 5.66. The van der Waals surface area contributed by atoms with Crippen molar-refractivity contribution in [1.29, 1.82) is 0 Å². The summed E-state index contributed by atoms with van der Waals surface area (Å²) in [5.41, 5.74) is 3.03. The fourth-order valence-electron chi connectivity index (χ4n) is 3.86. The van der Waals surface area contributed by atoms with Crippen molar-refractivity contribution in [2.24, 2.45) is 23.6 Å². The molecule has 2 aliphatic rings. The van der Waals surface area contributed by atoms with Crippen molar-refractivity contribution in [1.82, 2.24) is 20.2 Å². The van der Waals surface area contributed by atoms with Gasteiger partial charge < -0.3 is 0 Å². The first-order valence-electron chi connectivity index (χ1n) is 7.18. The van der Waals surface area contributed by atoms with Crippen LogP contribution in [-0.4, -0.2) is 20.8 Å². The van der Waals surface area contributed by atoms with E-state index in [0.717, 1.165) is 36.5 Å². The molecule has 3 rings (SSSR count). The van der Waals surface area contributed by atoms with Crippen LogP contribution in [0.2, 0.25) is 0 Å². The van der Waals surface area contributed by atoms with Crippen molar-refractivity contribution in [3.63, 3.8) is 0 Å². The fraction of sp³-hybridized carbons (Fsp3) is 0.846. The monoisotopic (exact) mass is 249 g/mol. The Morgan fingerprint density at radius 2 is 2.17 bits per heavy atom. The van der Waals surface area contributed by atoms with Gasteiger partial charge in [-0.1, -0.05) is 12.8 Å². The second kappa shape index (κ2) is 4.97. The van der Waals surface area contributed by atoms with Crippen LogP contribution in [0.1, 0.15) is 38.4 Å². The molecule has 1 aromatic heterocycles. The molecular weight excluding hydrogens is 226 g/mol.